The van der Waals surface area contributed by atoms with E-state index in [1.807, 2.05) is 24.8 Å². The molecule has 0 aliphatic carbocycles. The number of likely N-dealkylation sites (tertiary alicyclic amines) is 1. The monoisotopic (exact) mass is 243 g/mol. The van der Waals surface area contributed by atoms with E-state index >= 15 is 0 Å². The fraction of sp³-hybridized carbons (Fsp3) is 0.438. The highest BCUT2D eigenvalue weighted by atomic mass is 16.2. The normalized spacial score (nSPS) is 18.8. The zero-order chi connectivity index (χ0) is 13.0. The van der Waals surface area contributed by atoms with Crippen LogP contribution in [0.5, 0.6) is 0 Å². The lowest BCUT2D eigenvalue weighted by atomic mass is 10.0. The lowest BCUT2D eigenvalue weighted by Gasteiger charge is -2.23. The predicted octanol–water partition coefficient (Wildman–Crippen LogP) is 3.19. The fourth-order valence-corrected chi connectivity index (χ4v) is 2.55. The van der Waals surface area contributed by atoms with Gasteiger partial charge in [-0.25, -0.2) is 0 Å². The maximum atomic E-state index is 12.1. The summed E-state index contributed by atoms with van der Waals surface area (Å²) in [5.41, 5.74) is 2.39. The molecule has 1 unspecified atom stereocenters. The van der Waals surface area contributed by atoms with Gasteiger partial charge in [-0.1, -0.05) is 35.9 Å². The van der Waals surface area contributed by atoms with Crippen molar-refractivity contribution in [1.82, 2.24) is 4.90 Å². The summed E-state index contributed by atoms with van der Waals surface area (Å²) in [4.78, 5) is 14.1. The van der Waals surface area contributed by atoms with Gasteiger partial charge in [0.05, 0.1) is 0 Å². The largest absolute Gasteiger partial charge is 0.336 e. The van der Waals surface area contributed by atoms with Crippen molar-refractivity contribution in [3.05, 3.63) is 47.5 Å². The molecule has 0 spiro atoms. The lowest BCUT2D eigenvalue weighted by molar-refractivity contribution is -0.126. The molecule has 0 bridgehead atoms. The average molecular weight is 243 g/mol. The van der Waals surface area contributed by atoms with Crippen LogP contribution in [0.4, 0.5) is 0 Å². The zero-order valence-electron chi connectivity index (χ0n) is 11.2. The van der Waals surface area contributed by atoms with E-state index in [-0.39, 0.29) is 5.91 Å². The molecule has 0 aromatic heterocycles. The number of carbonyl (C=O) groups is 1. The molecule has 1 aromatic carbocycles. The molecular weight excluding hydrogens is 222 g/mol. The highest BCUT2D eigenvalue weighted by Gasteiger charge is 2.27. The van der Waals surface area contributed by atoms with Gasteiger partial charge in [-0.3, -0.25) is 4.79 Å². The first-order valence-electron chi connectivity index (χ1n) is 6.66. The van der Waals surface area contributed by atoms with Crippen LogP contribution in [0.3, 0.4) is 0 Å². The Labute approximate surface area is 109 Å². The van der Waals surface area contributed by atoms with Crippen LogP contribution in [0.15, 0.2) is 42.0 Å². The molecule has 96 valence electrons. The summed E-state index contributed by atoms with van der Waals surface area (Å²) < 4.78 is 0. The smallest absolute Gasteiger partial charge is 0.246 e. The van der Waals surface area contributed by atoms with Crippen LogP contribution < -0.4 is 0 Å². The molecule has 1 atom stereocenters. The second kappa shape index (κ2) is 5.85. The maximum absolute atomic E-state index is 12.1. The maximum Gasteiger partial charge on any atom is 0.246 e. The minimum atomic E-state index is 0.174. The zero-order valence-corrected chi connectivity index (χ0v) is 11.2. The molecule has 2 rings (SSSR count). The summed E-state index contributed by atoms with van der Waals surface area (Å²) in [6.45, 7) is 4.85. The lowest BCUT2D eigenvalue weighted by Crippen LogP contribution is -2.35. The first kappa shape index (κ1) is 12.9. The molecule has 18 heavy (non-hydrogen) atoms. The van der Waals surface area contributed by atoms with Gasteiger partial charge in [-0.2, -0.15) is 0 Å². The number of hydrogen-bond donors (Lipinski definition) is 0. The first-order valence-corrected chi connectivity index (χ1v) is 6.66. The van der Waals surface area contributed by atoms with E-state index in [0.29, 0.717) is 6.04 Å². The Morgan fingerprint density at radius 3 is 2.72 bits per heavy atom. The van der Waals surface area contributed by atoms with Crippen molar-refractivity contribution >= 4 is 5.91 Å². The van der Waals surface area contributed by atoms with Crippen LogP contribution in [0.25, 0.3) is 0 Å². The van der Waals surface area contributed by atoms with E-state index in [2.05, 4.69) is 24.3 Å². The Bertz CT molecular complexity index is 432. The Kier molecular flexibility index (Phi) is 4.19. The number of benzene rings is 1. The van der Waals surface area contributed by atoms with Gasteiger partial charge in [-0.05, 0) is 38.7 Å². The Balaban J connectivity index is 2.04. The third-order valence-corrected chi connectivity index (χ3v) is 3.39. The SMILES string of the molecule is CC(C)=CC(=O)N1CCCC1Cc1ccccc1. The van der Waals surface area contributed by atoms with Gasteiger partial charge in [0.15, 0.2) is 0 Å². The summed E-state index contributed by atoms with van der Waals surface area (Å²) in [5, 5.41) is 0. The van der Waals surface area contributed by atoms with Crippen LogP contribution in [-0.2, 0) is 11.2 Å². The van der Waals surface area contributed by atoms with Crippen molar-refractivity contribution in [2.45, 2.75) is 39.2 Å². The molecule has 2 nitrogen and oxygen atoms in total. The van der Waals surface area contributed by atoms with Gasteiger partial charge < -0.3 is 4.90 Å². The second-order valence-electron chi connectivity index (χ2n) is 5.24. The predicted molar refractivity (Wildman–Crippen MR) is 74.3 cm³/mol. The number of nitrogens with zero attached hydrogens (tertiary/aromatic N) is 1. The molecular formula is C16H21NO. The van der Waals surface area contributed by atoms with Gasteiger partial charge in [0.25, 0.3) is 0 Å². The Hall–Kier alpha value is -1.57. The van der Waals surface area contributed by atoms with Crippen molar-refractivity contribution < 1.29 is 4.79 Å². The van der Waals surface area contributed by atoms with Gasteiger partial charge in [0.2, 0.25) is 5.91 Å². The molecule has 1 aliphatic heterocycles. The number of carbonyl (C=O) groups excluding carboxylic acids is 1. The second-order valence-corrected chi connectivity index (χ2v) is 5.24. The number of rotatable bonds is 3. The summed E-state index contributed by atoms with van der Waals surface area (Å²) in [7, 11) is 0. The van der Waals surface area contributed by atoms with Gasteiger partial charge >= 0.3 is 0 Å². The van der Waals surface area contributed by atoms with E-state index in [0.717, 1.165) is 31.4 Å². The molecule has 0 N–H and O–H groups in total. The summed E-state index contributed by atoms with van der Waals surface area (Å²) in [6, 6.07) is 10.8. The van der Waals surface area contributed by atoms with Gasteiger partial charge in [0, 0.05) is 18.7 Å². The third kappa shape index (κ3) is 3.22. The molecule has 2 heteroatoms. The molecule has 0 radical (unpaired) electrons. The molecule has 1 fully saturated rings. The summed E-state index contributed by atoms with van der Waals surface area (Å²) in [6.07, 6.45) is 4.98. The molecule has 1 saturated heterocycles. The number of allylic oxidation sites excluding steroid dienone is 1. The highest BCUT2D eigenvalue weighted by molar-refractivity contribution is 5.88. The summed E-state index contributed by atoms with van der Waals surface area (Å²) >= 11 is 0. The number of amides is 1. The van der Waals surface area contributed by atoms with E-state index in [4.69, 9.17) is 0 Å². The highest BCUT2D eigenvalue weighted by Crippen LogP contribution is 2.21. The fourth-order valence-electron chi connectivity index (χ4n) is 2.55. The van der Waals surface area contributed by atoms with Crippen molar-refractivity contribution in [3.8, 4) is 0 Å². The Morgan fingerprint density at radius 1 is 1.33 bits per heavy atom. The third-order valence-electron chi connectivity index (χ3n) is 3.39. The van der Waals surface area contributed by atoms with Gasteiger partial charge in [-0.15, -0.1) is 0 Å². The average Bonchev–Trinajstić information content (AvgIpc) is 2.77. The minimum Gasteiger partial charge on any atom is -0.336 e. The van der Waals surface area contributed by atoms with Crippen LogP contribution >= 0.6 is 0 Å². The minimum absolute atomic E-state index is 0.174. The standard InChI is InChI=1S/C16H21NO/c1-13(2)11-16(18)17-10-6-9-15(17)12-14-7-4-3-5-8-14/h3-5,7-8,11,15H,6,9-10,12H2,1-2H3. The van der Waals surface area contributed by atoms with Crippen LogP contribution in [0.2, 0.25) is 0 Å². The van der Waals surface area contributed by atoms with E-state index in [1.54, 1.807) is 6.08 Å². The van der Waals surface area contributed by atoms with Crippen LogP contribution in [-0.4, -0.2) is 23.4 Å². The molecule has 1 aliphatic rings. The molecule has 1 heterocycles. The van der Waals surface area contributed by atoms with Crippen molar-refractivity contribution in [3.63, 3.8) is 0 Å². The number of hydrogen-bond acceptors (Lipinski definition) is 1. The van der Waals surface area contributed by atoms with Crippen LogP contribution in [0.1, 0.15) is 32.3 Å². The van der Waals surface area contributed by atoms with Gasteiger partial charge in [0.1, 0.15) is 0 Å². The van der Waals surface area contributed by atoms with E-state index < -0.39 is 0 Å². The molecule has 1 amide bonds. The summed E-state index contributed by atoms with van der Waals surface area (Å²) in [5.74, 6) is 0.174. The van der Waals surface area contributed by atoms with Crippen molar-refractivity contribution in [1.29, 1.82) is 0 Å². The van der Waals surface area contributed by atoms with Crippen molar-refractivity contribution in [2.75, 3.05) is 6.54 Å². The molecule has 1 aromatic rings. The van der Waals surface area contributed by atoms with Crippen molar-refractivity contribution in [2.24, 2.45) is 0 Å². The quantitative estimate of drug-likeness (QED) is 0.747. The van der Waals surface area contributed by atoms with E-state index in [9.17, 15) is 4.79 Å². The van der Waals surface area contributed by atoms with Crippen LogP contribution in [0, 0.1) is 0 Å². The topological polar surface area (TPSA) is 20.3 Å². The molecule has 0 saturated carbocycles. The van der Waals surface area contributed by atoms with E-state index in [1.165, 1.54) is 5.56 Å². The first-order chi connectivity index (χ1) is 8.66. The Morgan fingerprint density at radius 2 is 2.06 bits per heavy atom.